The Morgan fingerprint density at radius 2 is 1.61 bits per heavy atom. The van der Waals surface area contributed by atoms with Gasteiger partial charge in [0.2, 0.25) is 5.91 Å². The lowest BCUT2D eigenvalue weighted by Crippen LogP contribution is -2.43. The highest BCUT2D eigenvalue weighted by atomic mass is 19.4. The Morgan fingerprint density at radius 1 is 1.04 bits per heavy atom. The van der Waals surface area contributed by atoms with Crippen LogP contribution in [0, 0.1) is 0 Å². The first-order chi connectivity index (χ1) is 13.3. The second kappa shape index (κ2) is 9.73. The summed E-state index contributed by atoms with van der Waals surface area (Å²) in [6.07, 6.45) is -4.16. The average molecular weight is 391 g/mol. The highest BCUT2D eigenvalue weighted by molar-refractivity contribution is 5.98. The molecule has 0 heterocycles. The minimum Gasteiger partial charge on any atom is -0.464 e. The summed E-state index contributed by atoms with van der Waals surface area (Å²) in [4.78, 5) is 24.4. The van der Waals surface area contributed by atoms with Crippen LogP contribution in [-0.4, -0.2) is 30.7 Å². The number of allylic oxidation sites excluding steroid dienone is 1. The first-order valence-corrected chi connectivity index (χ1v) is 8.66. The smallest absolute Gasteiger partial charge is 0.417 e. The number of esters is 1. The van der Waals surface area contributed by atoms with Crippen molar-refractivity contribution in [2.24, 2.45) is 0 Å². The Kier molecular flexibility index (Phi) is 7.37. The number of carbonyl (C=O) groups is 2. The minimum absolute atomic E-state index is 0.0909. The number of carbonyl (C=O) groups excluding carboxylic acids is 2. The number of ether oxygens (including phenoxy) is 1. The molecule has 0 bridgehead atoms. The quantitative estimate of drug-likeness (QED) is 0.575. The second-order valence-corrected chi connectivity index (χ2v) is 5.92. The van der Waals surface area contributed by atoms with Crippen LogP contribution < -0.4 is 5.32 Å². The Morgan fingerprint density at radius 3 is 2.14 bits per heavy atom. The van der Waals surface area contributed by atoms with Gasteiger partial charge in [-0.05, 0) is 18.1 Å². The largest absolute Gasteiger partial charge is 0.464 e. The molecule has 0 aromatic heterocycles. The summed E-state index contributed by atoms with van der Waals surface area (Å²) in [6, 6.07) is 14.7. The van der Waals surface area contributed by atoms with Crippen molar-refractivity contribution in [3.05, 3.63) is 77.9 Å². The van der Waals surface area contributed by atoms with Gasteiger partial charge < -0.3 is 10.1 Å². The third-order valence-electron chi connectivity index (χ3n) is 3.84. The van der Waals surface area contributed by atoms with Gasteiger partial charge in [-0.1, -0.05) is 60.7 Å². The molecule has 2 aromatic carbocycles. The zero-order chi connectivity index (χ0) is 20.6. The van der Waals surface area contributed by atoms with Crippen LogP contribution in [0.5, 0.6) is 0 Å². The van der Waals surface area contributed by atoms with Gasteiger partial charge in [0.25, 0.3) is 0 Å². The zero-order valence-electron chi connectivity index (χ0n) is 15.2. The molecule has 0 aliphatic carbocycles. The van der Waals surface area contributed by atoms with E-state index in [1.165, 1.54) is 24.3 Å². The molecule has 1 unspecified atom stereocenters. The van der Waals surface area contributed by atoms with E-state index in [0.29, 0.717) is 6.08 Å². The van der Waals surface area contributed by atoms with Crippen molar-refractivity contribution in [3.8, 4) is 0 Å². The number of halogens is 3. The minimum atomic E-state index is -4.72. The third-order valence-corrected chi connectivity index (χ3v) is 3.84. The van der Waals surface area contributed by atoms with E-state index in [9.17, 15) is 22.8 Å². The van der Waals surface area contributed by atoms with Crippen molar-refractivity contribution < 1.29 is 27.5 Å². The SMILES string of the molecule is CCOC(=O)C(Cc1ccccc1)NC(=O)/C=C(/c1ccccc1)C(F)(F)F. The molecule has 1 atom stereocenters. The van der Waals surface area contributed by atoms with E-state index in [0.717, 1.165) is 5.56 Å². The fraction of sp³-hybridized carbons (Fsp3) is 0.238. The predicted octanol–water partition coefficient (Wildman–Crippen LogP) is 3.92. The van der Waals surface area contributed by atoms with Crippen molar-refractivity contribution in [1.82, 2.24) is 5.32 Å². The van der Waals surface area contributed by atoms with E-state index in [4.69, 9.17) is 4.74 Å². The van der Waals surface area contributed by atoms with Gasteiger partial charge in [0.05, 0.1) is 12.2 Å². The molecule has 1 N–H and O–H groups in total. The van der Waals surface area contributed by atoms with Gasteiger partial charge in [0.1, 0.15) is 6.04 Å². The van der Waals surface area contributed by atoms with Crippen molar-refractivity contribution in [3.63, 3.8) is 0 Å². The number of amides is 1. The Bertz CT molecular complexity index is 818. The molecule has 148 valence electrons. The molecule has 7 heteroatoms. The number of nitrogens with one attached hydrogen (secondary N) is 1. The summed E-state index contributed by atoms with van der Waals surface area (Å²) < 4.78 is 45.1. The lowest BCUT2D eigenvalue weighted by Gasteiger charge is -2.17. The first kappa shape index (κ1) is 21.2. The molecular weight excluding hydrogens is 371 g/mol. The van der Waals surface area contributed by atoms with Crippen LogP contribution in [0.1, 0.15) is 18.1 Å². The monoisotopic (exact) mass is 391 g/mol. The van der Waals surface area contributed by atoms with E-state index >= 15 is 0 Å². The molecule has 0 radical (unpaired) electrons. The lowest BCUT2D eigenvalue weighted by atomic mass is 10.0. The third kappa shape index (κ3) is 6.26. The van der Waals surface area contributed by atoms with Crippen LogP contribution in [0.15, 0.2) is 66.7 Å². The van der Waals surface area contributed by atoms with Crippen LogP contribution >= 0.6 is 0 Å². The molecule has 0 aliphatic rings. The summed E-state index contributed by atoms with van der Waals surface area (Å²) in [6.45, 7) is 1.70. The molecular formula is C21H20F3NO3. The normalized spacial score (nSPS) is 12.9. The number of alkyl halides is 3. The lowest BCUT2D eigenvalue weighted by molar-refractivity contribution is -0.147. The molecule has 28 heavy (non-hydrogen) atoms. The fourth-order valence-electron chi connectivity index (χ4n) is 2.58. The van der Waals surface area contributed by atoms with E-state index < -0.39 is 29.7 Å². The van der Waals surface area contributed by atoms with Crippen LogP contribution in [0.2, 0.25) is 0 Å². The predicted molar refractivity (Wildman–Crippen MR) is 99.2 cm³/mol. The van der Waals surface area contributed by atoms with Gasteiger partial charge in [-0.2, -0.15) is 13.2 Å². The molecule has 1 amide bonds. The van der Waals surface area contributed by atoms with Crippen LogP contribution in [0.4, 0.5) is 13.2 Å². The molecule has 0 saturated carbocycles. The topological polar surface area (TPSA) is 55.4 Å². The van der Waals surface area contributed by atoms with Crippen molar-refractivity contribution in [1.29, 1.82) is 0 Å². The summed E-state index contributed by atoms with van der Waals surface area (Å²) in [5.74, 6) is -1.73. The van der Waals surface area contributed by atoms with E-state index in [2.05, 4.69) is 5.32 Å². The van der Waals surface area contributed by atoms with Crippen molar-refractivity contribution in [2.75, 3.05) is 6.61 Å². The van der Waals surface area contributed by atoms with E-state index in [1.807, 2.05) is 0 Å². The van der Waals surface area contributed by atoms with Gasteiger partial charge in [-0.25, -0.2) is 4.79 Å². The summed E-state index contributed by atoms with van der Waals surface area (Å²) >= 11 is 0. The molecule has 0 spiro atoms. The first-order valence-electron chi connectivity index (χ1n) is 8.66. The maximum atomic E-state index is 13.4. The van der Waals surface area contributed by atoms with Gasteiger partial charge >= 0.3 is 12.1 Å². The van der Waals surface area contributed by atoms with Crippen molar-refractivity contribution in [2.45, 2.75) is 25.6 Å². The molecule has 4 nitrogen and oxygen atoms in total. The fourth-order valence-corrected chi connectivity index (χ4v) is 2.58. The van der Waals surface area contributed by atoms with Gasteiger partial charge in [-0.3, -0.25) is 4.79 Å². The number of benzene rings is 2. The van der Waals surface area contributed by atoms with Crippen LogP contribution in [-0.2, 0) is 20.7 Å². The number of rotatable bonds is 7. The Balaban J connectivity index is 2.25. The summed E-state index contributed by atoms with van der Waals surface area (Å²) in [5, 5.41) is 2.33. The summed E-state index contributed by atoms with van der Waals surface area (Å²) in [7, 11) is 0. The van der Waals surface area contributed by atoms with Crippen molar-refractivity contribution >= 4 is 17.4 Å². The second-order valence-electron chi connectivity index (χ2n) is 5.92. The standard InChI is InChI=1S/C21H20F3NO3/c1-2-28-20(27)18(13-15-9-5-3-6-10-15)25-19(26)14-17(21(22,23)24)16-11-7-4-8-12-16/h3-12,14,18H,2,13H2,1H3,(H,25,26)/b17-14-. The molecule has 0 fully saturated rings. The highest BCUT2D eigenvalue weighted by Crippen LogP contribution is 2.33. The molecule has 2 rings (SSSR count). The Labute approximate surface area is 161 Å². The van der Waals surface area contributed by atoms with Gasteiger partial charge in [0, 0.05) is 12.5 Å². The maximum Gasteiger partial charge on any atom is 0.417 e. The molecule has 0 saturated heterocycles. The van der Waals surface area contributed by atoms with Crippen LogP contribution in [0.3, 0.4) is 0 Å². The molecule has 0 aliphatic heterocycles. The van der Waals surface area contributed by atoms with Gasteiger partial charge in [0.15, 0.2) is 0 Å². The Hall–Kier alpha value is -3.09. The summed E-state index contributed by atoms with van der Waals surface area (Å²) in [5.41, 5.74) is -0.488. The number of hydrogen-bond donors (Lipinski definition) is 1. The van der Waals surface area contributed by atoms with E-state index in [1.54, 1.807) is 43.3 Å². The van der Waals surface area contributed by atoms with Crippen LogP contribution in [0.25, 0.3) is 5.57 Å². The maximum absolute atomic E-state index is 13.4. The number of hydrogen-bond acceptors (Lipinski definition) is 3. The zero-order valence-corrected chi connectivity index (χ0v) is 15.2. The highest BCUT2D eigenvalue weighted by Gasteiger charge is 2.35. The van der Waals surface area contributed by atoms with E-state index in [-0.39, 0.29) is 18.6 Å². The molecule has 2 aromatic rings. The average Bonchev–Trinajstić information content (AvgIpc) is 2.66. The van der Waals surface area contributed by atoms with Gasteiger partial charge in [-0.15, -0.1) is 0 Å².